The number of aliphatic imine (C=N–C) groups is 1. The van der Waals surface area contributed by atoms with E-state index in [1.54, 1.807) is 6.21 Å². The SMILES string of the molecule is Nc1cc2c(cc1N1CCC(CO)CC1)OCC=N2. The van der Waals surface area contributed by atoms with Crippen LogP contribution in [0.1, 0.15) is 12.8 Å². The third-order valence-corrected chi connectivity index (χ3v) is 3.87. The second-order valence-corrected chi connectivity index (χ2v) is 5.11. The fraction of sp³-hybridized carbons (Fsp3) is 0.500. The number of fused-ring (bicyclic) bond motifs is 1. The quantitative estimate of drug-likeness (QED) is 0.793. The zero-order valence-corrected chi connectivity index (χ0v) is 10.9. The molecule has 5 nitrogen and oxygen atoms in total. The Bertz CT molecular complexity index is 494. The molecule has 19 heavy (non-hydrogen) atoms. The van der Waals surface area contributed by atoms with E-state index in [1.165, 1.54) is 0 Å². The Hall–Kier alpha value is -1.75. The monoisotopic (exact) mass is 261 g/mol. The summed E-state index contributed by atoms with van der Waals surface area (Å²) in [5.41, 5.74) is 8.69. The molecule has 0 saturated carbocycles. The standard InChI is InChI=1S/C14H19N3O2/c15-11-7-12-14(19-6-3-16-12)8-13(11)17-4-1-10(9-18)2-5-17/h3,7-8,10,18H,1-2,4-6,9,15H2. The summed E-state index contributed by atoms with van der Waals surface area (Å²) in [5, 5.41) is 9.18. The van der Waals surface area contributed by atoms with Gasteiger partial charge in [-0.3, -0.25) is 4.99 Å². The van der Waals surface area contributed by atoms with E-state index in [4.69, 9.17) is 10.5 Å². The molecule has 0 unspecified atom stereocenters. The molecule has 0 aliphatic carbocycles. The van der Waals surface area contributed by atoms with E-state index < -0.39 is 0 Å². The number of ether oxygens (including phenoxy) is 1. The van der Waals surface area contributed by atoms with E-state index in [1.807, 2.05) is 12.1 Å². The fourth-order valence-electron chi connectivity index (χ4n) is 2.68. The van der Waals surface area contributed by atoms with Crippen molar-refractivity contribution in [3.63, 3.8) is 0 Å². The molecule has 1 aromatic rings. The van der Waals surface area contributed by atoms with E-state index in [-0.39, 0.29) is 6.61 Å². The maximum Gasteiger partial charge on any atom is 0.147 e. The minimum atomic E-state index is 0.283. The Labute approximate surface area is 112 Å². The summed E-state index contributed by atoms with van der Waals surface area (Å²) in [6.45, 7) is 2.66. The van der Waals surface area contributed by atoms with Gasteiger partial charge in [0.1, 0.15) is 18.0 Å². The van der Waals surface area contributed by atoms with Crippen LogP contribution >= 0.6 is 0 Å². The largest absolute Gasteiger partial charge is 0.486 e. The van der Waals surface area contributed by atoms with Crippen LogP contribution in [0.15, 0.2) is 17.1 Å². The van der Waals surface area contributed by atoms with Gasteiger partial charge < -0.3 is 20.5 Å². The Balaban J connectivity index is 1.83. The molecule has 1 saturated heterocycles. The number of nitrogen functional groups attached to an aromatic ring is 1. The van der Waals surface area contributed by atoms with Crippen molar-refractivity contribution in [2.75, 3.05) is 36.9 Å². The van der Waals surface area contributed by atoms with Gasteiger partial charge in [0.05, 0.1) is 11.4 Å². The Morgan fingerprint density at radius 1 is 1.37 bits per heavy atom. The number of aliphatic hydroxyl groups excluding tert-OH is 1. The lowest BCUT2D eigenvalue weighted by atomic mass is 9.97. The van der Waals surface area contributed by atoms with Crippen LogP contribution in [0.3, 0.4) is 0 Å². The number of hydrogen-bond donors (Lipinski definition) is 2. The number of nitrogens with zero attached hydrogens (tertiary/aromatic N) is 2. The van der Waals surface area contributed by atoms with Gasteiger partial charge in [0.15, 0.2) is 0 Å². The van der Waals surface area contributed by atoms with Crippen LogP contribution in [0.4, 0.5) is 17.1 Å². The average molecular weight is 261 g/mol. The molecule has 0 spiro atoms. The maximum absolute atomic E-state index is 9.18. The molecule has 2 aliphatic rings. The van der Waals surface area contributed by atoms with E-state index in [0.29, 0.717) is 12.5 Å². The predicted molar refractivity (Wildman–Crippen MR) is 76.5 cm³/mol. The Kier molecular flexibility index (Phi) is 3.29. The third-order valence-electron chi connectivity index (χ3n) is 3.87. The van der Waals surface area contributed by atoms with E-state index >= 15 is 0 Å². The molecule has 1 aromatic carbocycles. The number of rotatable bonds is 2. The summed E-state index contributed by atoms with van der Waals surface area (Å²) >= 11 is 0. The normalized spacial score (nSPS) is 19.1. The highest BCUT2D eigenvalue weighted by Crippen LogP contribution is 2.39. The first kappa shape index (κ1) is 12.3. The van der Waals surface area contributed by atoms with Gasteiger partial charge in [0, 0.05) is 32.0 Å². The van der Waals surface area contributed by atoms with E-state index in [2.05, 4.69) is 9.89 Å². The van der Waals surface area contributed by atoms with Gasteiger partial charge in [-0.1, -0.05) is 0 Å². The van der Waals surface area contributed by atoms with E-state index in [0.717, 1.165) is 48.7 Å². The minimum absolute atomic E-state index is 0.283. The summed E-state index contributed by atoms with van der Waals surface area (Å²) in [4.78, 5) is 6.55. The first-order chi connectivity index (χ1) is 9.28. The number of nitrogens with two attached hydrogens (primary N) is 1. The molecule has 0 bridgehead atoms. The number of benzene rings is 1. The maximum atomic E-state index is 9.18. The smallest absolute Gasteiger partial charge is 0.147 e. The molecular weight excluding hydrogens is 242 g/mol. The number of anilines is 2. The molecular formula is C14H19N3O2. The highest BCUT2D eigenvalue weighted by atomic mass is 16.5. The topological polar surface area (TPSA) is 71.1 Å². The van der Waals surface area contributed by atoms with Gasteiger partial charge >= 0.3 is 0 Å². The average Bonchev–Trinajstić information content (AvgIpc) is 2.47. The molecule has 0 radical (unpaired) electrons. The third kappa shape index (κ3) is 2.38. The van der Waals surface area contributed by atoms with E-state index in [9.17, 15) is 5.11 Å². The van der Waals surface area contributed by atoms with Crippen molar-refractivity contribution >= 4 is 23.3 Å². The lowest BCUT2D eigenvalue weighted by Crippen LogP contribution is -2.35. The molecule has 3 rings (SSSR count). The summed E-state index contributed by atoms with van der Waals surface area (Å²) < 4.78 is 5.58. The summed E-state index contributed by atoms with van der Waals surface area (Å²) in [6.07, 6.45) is 3.76. The molecule has 2 aliphatic heterocycles. The van der Waals surface area contributed by atoms with Crippen LogP contribution < -0.4 is 15.4 Å². The van der Waals surface area contributed by atoms with Crippen LogP contribution in [0.5, 0.6) is 5.75 Å². The van der Waals surface area contributed by atoms with Gasteiger partial charge in [0.2, 0.25) is 0 Å². The molecule has 102 valence electrons. The number of piperidine rings is 1. The van der Waals surface area contributed by atoms with Crippen molar-refractivity contribution in [3.05, 3.63) is 12.1 Å². The summed E-state index contributed by atoms with van der Waals surface area (Å²) in [7, 11) is 0. The van der Waals surface area contributed by atoms with Crippen molar-refractivity contribution in [1.82, 2.24) is 0 Å². The number of hydrogen-bond acceptors (Lipinski definition) is 5. The van der Waals surface area contributed by atoms with Crippen LogP contribution in [-0.2, 0) is 0 Å². The zero-order valence-electron chi connectivity index (χ0n) is 10.9. The van der Waals surface area contributed by atoms with Crippen molar-refractivity contribution < 1.29 is 9.84 Å². The number of aliphatic hydroxyl groups is 1. The van der Waals surface area contributed by atoms with Crippen LogP contribution in [0.2, 0.25) is 0 Å². The van der Waals surface area contributed by atoms with Crippen LogP contribution in [0.25, 0.3) is 0 Å². The molecule has 5 heteroatoms. The Morgan fingerprint density at radius 2 is 2.16 bits per heavy atom. The minimum Gasteiger partial charge on any atom is -0.486 e. The van der Waals surface area contributed by atoms with Gasteiger partial charge in [-0.25, -0.2) is 0 Å². The second-order valence-electron chi connectivity index (χ2n) is 5.11. The predicted octanol–water partition coefficient (Wildman–Crippen LogP) is 1.57. The van der Waals surface area contributed by atoms with Gasteiger partial charge in [-0.15, -0.1) is 0 Å². The van der Waals surface area contributed by atoms with Gasteiger partial charge in [-0.2, -0.15) is 0 Å². The fourth-order valence-corrected chi connectivity index (χ4v) is 2.68. The van der Waals surface area contributed by atoms with Crippen LogP contribution in [0, 0.1) is 5.92 Å². The molecule has 0 aromatic heterocycles. The second kappa shape index (κ2) is 5.09. The first-order valence-electron chi connectivity index (χ1n) is 6.72. The molecule has 0 amide bonds. The van der Waals surface area contributed by atoms with Crippen molar-refractivity contribution in [1.29, 1.82) is 0 Å². The Morgan fingerprint density at radius 3 is 2.89 bits per heavy atom. The first-order valence-corrected chi connectivity index (χ1v) is 6.72. The van der Waals surface area contributed by atoms with Crippen molar-refractivity contribution in [2.45, 2.75) is 12.8 Å². The van der Waals surface area contributed by atoms with Crippen LogP contribution in [-0.4, -0.2) is 37.6 Å². The highest BCUT2D eigenvalue weighted by Gasteiger charge is 2.21. The molecule has 1 fully saturated rings. The summed E-state index contributed by atoms with van der Waals surface area (Å²) in [6, 6.07) is 3.86. The zero-order chi connectivity index (χ0) is 13.2. The summed E-state index contributed by atoms with van der Waals surface area (Å²) in [5.74, 6) is 1.23. The lowest BCUT2D eigenvalue weighted by molar-refractivity contribution is 0.203. The highest BCUT2D eigenvalue weighted by molar-refractivity contribution is 5.80. The molecule has 2 heterocycles. The van der Waals surface area contributed by atoms with Gasteiger partial charge in [-0.05, 0) is 24.8 Å². The van der Waals surface area contributed by atoms with Crippen molar-refractivity contribution in [2.24, 2.45) is 10.9 Å². The molecule has 0 atom stereocenters. The van der Waals surface area contributed by atoms with Gasteiger partial charge in [0.25, 0.3) is 0 Å². The molecule has 3 N–H and O–H groups in total. The lowest BCUT2D eigenvalue weighted by Gasteiger charge is -2.34. The van der Waals surface area contributed by atoms with Crippen molar-refractivity contribution in [3.8, 4) is 5.75 Å².